The van der Waals surface area contributed by atoms with E-state index in [0.717, 1.165) is 31.6 Å². The van der Waals surface area contributed by atoms with Crippen molar-refractivity contribution in [3.8, 4) is 0 Å². The van der Waals surface area contributed by atoms with Gasteiger partial charge in [-0.2, -0.15) is 0 Å². The lowest BCUT2D eigenvalue weighted by Crippen LogP contribution is -2.44. The second kappa shape index (κ2) is 9.33. The summed E-state index contributed by atoms with van der Waals surface area (Å²) < 4.78 is 6.84. The van der Waals surface area contributed by atoms with Crippen LogP contribution in [0.5, 0.6) is 0 Å². The average Bonchev–Trinajstić information content (AvgIpc) is 3.02. The van der Waals surface area contributed by atoms with Gasteiger partial charge in [-0.05, 0) is 93.7 Å². The van der Waals surface area contributed by atoms with Crippen molar-refractivity contribution in [3.63, 3.8) is 0 Å². The molecular formula is C25H48O2Si. The molecule has 2 unspecified atom stereocenters. The van der Waals surface area contributed by atoms with E-state index in [1.54, 1.807) is 0 Å². The van der Waals surface area contributed by atoms with Crippen LogP contribution in [0, 0.1) is 29.1 Å². The Hall–Kier alpha value is -0.153. The van der Waals surface area contributed by atoms with E-state index >= 15 is 0 Å². The van der Waals surface area contributed by atoms with Gasteiger partial charge < -0.3 is 4.43 Å². The van der Waals surface area contributed by atoms with Crippen molar-refractivity contribution < 1.29 is 9.22 Å². The zero-order valence-electron chi connectivity index (χ0n) is 20.2. The van der Waals surface area contributed by atoms with Crippen molar-refractivity contribution in [1.29, 1.82) is 0 Å². The van der Waals surface area contributed by atoms with Crippen molar-refractivity contribution >= 4 is 14.1 Å². The fourth-order valence-corrected chi connectivity index (χ4v) is 9.88. The van der Waals surface area contributed by atoms with Crippen molar-refractivity contribution in [2.24, 2.45) is 29.1 Å². The van der Waals surface area contributed by atoms with Crippen molar-refractivity contribution in [2.45, 2.75) is 124 Å². The SMILES string of the molecule is CC[Si](CC)(CC)OC(C)(C)CC[C@@H](C)[C@H](C)C1CCC2C(=O)CCC[C@@]21C. The molecule has 164 valence electrons. The lowest BCUT2D eigenvalue weighted by atomic mass is 9.60. The van der Waals surface area contributed by atoms with Gasteiger partial charge in [0, 0.05) is 12.3 Å². The highest BCUT2D eigenvalue weighted by Crippen LogP contribution is 2.57. The Morgan fingerprint density at radius 1 is 1.14 bits per heavy atom. The van der Waals surface area contributed by atoms with Crippen LogP contribution in [0.4, 0.5) is 0 Å². The molecule has 0 aromatic rings. The summed E-state index contributed by atoms with van der Waals surface area (Å²) in [6, 6.07) is 3.68. The molecule has 3 heteroatoms. The van der Waals surface area contributed by atoms with Gasteiger partial charge in [0.15, 0.2) is 8.32 Å². The topological polar surface area (TPSA) is 26.3 Å². The number of hydrogen-bond acceptors (Lipinski definition) is 2. The molecule has 0 aromatic carbocycles. The molecule has 0 N–H and O–H groups in total. The van der Waals surface area contributed by atoms with Crippen LogP contribution in [-0.2, 0) is 9.22 Å². The third-order valence-electron chi connectivity index (χ3n) is 9.10. The molecule has 0 saturated heterocycles. The molecule has 0 heterocycles. The molecule has 2 rings (SSSR count). The van der Waals surface area contributed by atoms with Crippen LogP contribution in [0.3, 0.4) is 0 Å². The van der Waals surface area contributed by atoms with E-state index in [9.17, 15) is 4.79 Å². The molecule has 2 aliphatic carbocycles. The second-order valence-corrected chi connectivity index (χ2v) is 15.7. The van der Waals surface area contributed by atoms with Crippen LogP contribution < -0.4 is 0 Å². The Morgan fingerprint density at radius 2 is 1.75 bits per heavy atom. The van der Waals surface area contributed by atoms with E-state index in [0.29, 0.717) is 23.5 Å². The van der Waals surface area contributed by atoms with E-state index in [1.165, 1.54) is 37.4 Å². The van der Waals surface area contributed by atoms with E-state index in [2.05, 4.69) is 55.4 Å². The lowest BCUT2D eigenvalue weighted by Gasteiger charge is -2.44. The zero-order valence-corrected chi connectivity index (χ0v) is 21.2. The molecule has 0 aliphatic heterocycles. The fourth-order valence-electron chi connectivity index (χ4n) is 6.67. The first kappa shape index (κ1) is 24.1. The van der Waals surface area contributed by atoms with Crippen LogP contribution in [0.2, 0.25) is 18.1 Å². The summed E-state index contributed by atoms with van der Waals surface area (Å²) in [6.07, 6.45) is 8.00. The molecule has 2 aliphatic rings. The van der Waals surface area contributed by atoms with Crippen molar-refractivity contribution in [2.75, 3.05) is 0 Å². The maximum Gasteiger partial charge on any atom is 0.192 e. The molecule has 0 bridgehead atoms. The minimum Gasteiger partial charge on any atom is -0.412 e. The predicted octanol–water partition coefficient (Wildman–Crippen LogP) is 7.62. The van der Waals surface area contributed by atoms with E-state index < -0.39 is 8.32 Å². The van der Waals surface area contributed by atoms with Crippen LogP contribution in [0.1, 0.15) is 100 Å². The van der Waals surface area contributed by atoms with Gasteiger partial charge in [0.05, 0.1) is 5.60 Å². The first-order chi connectivity index (χ1) is 13.0. The Labute approximate surface area is 176 Å². The smallest absolute Gasteiger partial charge is 0.192 e. The predicted molar refractivity (Wildman–Crippen MR) is 123 cm³/mol. The standard InChI is InChI=1S/C25H48O2Si/c1-9-28(10-2,11-3)27-24(6,7)18-16-19(4)20(5)21-14-15-22-23(26)13-12-17-25(21,22)8/h19-22H,9-18H2,1-8H3/t19-,20+,21?,22?,25-/m1/s1. The quantitative estimate of drug-likeness (QED) is 0.347. The number of carbonyl (C=O) groups is 1. The second-order valence-electron chi connectivity index (χ2n) is 11.0. The monoisotopic (exact) mass is 408 g/mol. The maximum absolute atomic E-state index is 12.5. The summed E-state index contributed by atoms with van der Waals surface area (Å²) in [6.45, 7) is 19.0. The fraction of sp³-hybridized carbons (Fsp3) is 0.960. The molecule has 2 fully saturated rings. The average molecular weight is 409 g/mol. The number of fused-ring (bicyclic) bond motifs is 1. The van der Waals surface area contributed by atoms with Crippen LogP contribution >= 0.6 is 0 Å². The minimum atomic E-state index is -1.56. The van der Waals surface area contributed by atoms with E-state index in [4.69, 9.17) is 4.43 Å². The lowest BCUT2D eigenvalue weighted by molar-refractivity contribution is -0.130. The van der Waals surface area contributed by atoms with Gasteiger partial charge in [-0.25, -0.2) is 0 Å². The van der Waals surface area contributed by atoms with E-state index in [-0.39, 0.29) is 11.0 Å². The Kier molecular flexibility index (Phi) is 8.04. The van der Waals surface area contributed by atoms with Crippen LogP contribution in [0.25, 0.3) is 0 Å². The maximum atomic E-state index is 12.5. The van der Waals surface area contributed by atoms with Crippen molar-refractivity contribution in [3.05, 3.63) is 0 Å². The summed E-state index contributed by atoms with van der Waals surface area (Å²) in [5, 5.41) is 0. The number of rotatable bonds is 10. The molecule has 28 heavy (non-hydrogen) atoms. The Morgan fingerprint density at radius 3 is 2.32 bits per heavy atom. The van der Waals surface area contributed by atoms with E-state index in [1.807, 2.05) is 0 Å². The molecule has 5 atom stereocenters. The van der Waals surface area contributed by atoms with Gasteiger partial charge in [0.1, 0.15) is 5.78 Å². The first-order valence-electron chi connectivity index (χ1n) is 12.3. The highest BCUT2D eigenvalue weighted by atomic mass is 28.4. The first-order valence-corrected chi connectivity index (χ1v) is 14.8. The number of ketones is 1. The molecule has 0 spiro atoms. The Bertz CT molecular complexity index is 516. The zero-order chi connectivity index (χ0) is 21.2. The third kappa shape index (κ3) is 4.94. The summed E-state index contributed by atoms with van der Waals surface area (Å²) >= 11 is 0. The Balaban J connectivity index is 1.97. The highest BCUT2D eigenvalue weighted by molar-refractivity contribution is 6.73. The summed E-state index contributed by atoms with van der Waals surface area (Å²) in [5.74, 6) is 3.02. The van der Waals surface area contributed by atoms with Gasteiger partial charge in [-0.15, -0.1) is 0 Å². The summed E-state index contributed by atoms with van der Waals surface area (Å²) in [7, 11) is -1.56. The summed E-state index contributed by atoms with van der Waals surface area (Å²) in [4.78, 5) is 12.5. The minimum absolute atomic E-state index is 0.00878. The normalized spacial score (nSPS) is 30.9. The molecule has 0 amide bonds. The van der Waals surface area contributed by atoms with Gasteiger partial charge in [-0.1, -0.05) is 41.5 Å². The van der Waals surface area contributed by atoms with Gasteiger partial charge in [0.25, 0.3) is 0 Å². The largest absolute Gasteiger partial charge is 0.412 e. The number of carbonyl (C=O) groups excluding carboxylic acids is 1. The molecule has 0 aromatic heterocycles. The number of hydrogen-bond donors (Lipinski definition) is 0. The van der Waals surface area contributed by atoms with Gasteiger partial charge in [0.2, 0.25) is 0 Å². The summed E-state index contributed by atoms with van der Waals surface area (Å²) in [5.41, 5.74) is 0.259. The molecular weight excluding hydrogens is 360 g/mol. The van der Waals surface area contributed by atoms with Gasteiger partial charge >= 0.3 is 0 Å². The van der Waals surface area contributed by atoms with Gasteiger partial charge in [-0.3, -0.25) is 4.79 Å². The number of Topliss-reactive ketones (excluding diaryl/α,β-unsaturated/α-hetero) is 1. The highest BCUT2D eigenvalue weighted by Gasteiger charge is 2.52. The van der Waals surface area contributed by atoms with Crippen LogP contribution in [0.15, 0.2) is 0 Å². The third-order valence-corrected chi connectivity index (χ3v) is 13.9. The molecule has 2 saturated carbocycles. The molecule has 2 nitrogen and oxygen atoms in total. The molecule has 0 radical (unpaired) electrons. The van der Waals surface area contributed by atoms with Crippen molar-refractivity contribution in [1.82, 2.24) is 0 Å². The van der Waals surface area contributed by atoms with Crippen LogP contribution in [-0.4, -0.2) is 19.7 Å².